The Morgan fingerprint density at radius 1 is 1.86 bits per heavy atom. The van der Waals surface area contributed by atoms with Crippen LogP contribution in [-0.4, -0.2) is 18.8 Å². The van der Waals surface area contributed by atoms with E-state index in [-0.39, 0.29) is 18.8 Å². The molecule has 0 spiro atoms. The molecule has 0 aliphatic rings. The van der Waals surface area contributed by atoms with E-state index in [0.717, 1.165) is 0 Å². The molecule has 2 nitrogen and oxygen atoms in total. The fraction of sp³-hybridized carbons (Fsp3) is 1.00. The molecule has 0 bridgehead atoms. The van der Waals surface area contributed by atoms with Gasteiger partial charge in [-0.3, -0.25) is 0 Å². The zero-order valence-electron chi connectivity index (χ0n) is 4.19. The van der Waals surface area contributed by atoms with Crippen LogP contribution in [0, 0.1) is 0 Å². The van der Waals surface area contributed by atoms with E-state index < -0.39 is 0 Å². The molecule has 43 valence electrons. The molecular weight excluding hydrogens is 115 g/mol. The summed E-state index contributed by atoms with van der Waals surface area (Å²) in [4.78, 5) is 0. The van der Waals surface area contributed by atoms with E-state index >= 15 is 0 Å². The number of halogens is 1. The van der Waals surface area contributed by atoms with Crippen LogP contribution in [-0.2, 0) is 9.84 Å². The lowest BCUT2D eigenvalue weighted by molar-refractivity contribution is 0.0544. The average molecular weight is 124 g/mol. The van der Waals surface area contributed by atoms with Crippen molar-refractivity contribution in [1.82, 2.24) is 0 Å². The highest BCUT2D eigenvalue weighted by Gasteiger charge is 1.90. The normalized spacial score (nSPS) is 14.1. The van der Waals surface area contributed by atoms with Gasteiger partial charge in [0.25, 0.3) is 0 Å². The SMILES string of the molecule is CC(Cl)OCC[O]. The van der Waals surface area contributed by atoms with Crippen molar-refractivity contribution in [3.8, 4) is 0 Å². The topological polar surface area (TPSA) is 29.1 Å². The van der Waals surface area contributed by atoms with Gasteiger partial charge in [-0.2, -0.15) is 0 Å². The molecule has 0 aromatic carbocycles. The lowest BCUT2D eigenvalue weighted by atomic mass is 10.7. The van der Waals surface area contributed by atoms with E-state index in [1.54, 1.807) is 6.92 Å². The van der Waals surface area contributed by atoms with E-state index in [9.17, 15) is 5.11 Å². The standard InChI is InChI=1S/C4H8ClO2/c1-4(5)7-3-2-6/h4H,2-3H2,1H3. The van der Waals surface area contributed by atoms with E-state index in [1.807, 2.05) is 0 Å². The van der Waals surface area contributed by atoms with Crippen LogP contribution in [0.25, 0.3) is 0 Å². The summed E-state index contributed by atoms with van der Waals surface area (Å²) in [5.74, 6) is 0. The van der Waals surface area contributed by atoms with Gasteiger partial charge in [0.15, 0.2) is 0 Å². The fourth-order valence-electron chi connectivity index (χ4n) is 0.211. The minimum absolute atomic E-state index is 0.211. The van der Waals surface area contributed by atoms with Crippen LogP contribution in [0.3, 0.4) is 0 Å². The Morgan fingerprint density at radius 2 is 2.43 bits per heavy atom. The highest BCUT2D eigenvalue weighted by Crippen LogP contribution is 1.92. The van der Waals surface area contributed by atoms with Crippen LogP contribution in [0.15, 0.2) is 0 Å². The summed E-state index contributed by atoms with van der Waals surface area (Å²) in [5.41, 5.74) is -0.325. The highest BCUT2D eigenvalue weighted by atomic mass is 35.5. The van der Waals surface area contributed by atoms with Gasteiger partial charge >= 0.3 is 0 Å². The highest BCUT2D eigenvalue weighted by molar-refractivity contribution is 6.19. The molecule has 0 N–H and O–H groups in total. The lowest BCUT2D eigenvalue weighted by Crippen LogP contribution is -2.03. The van der Waals surface area contributed by atoms with Crippen LogP contribution in [0.1, 0.15) is 6.92 Å². The molecule has 0 aliphatic heterocycles. The summed E-state index contributed by atoms with van der Waals surface area (Å²) in [6.07, 6.45) is 0. The molecule has 1 unspecified atom stereocenters. The maximum Gasteiger partial charge on any atom is 0.128 e. The molecular formula is C4H8ClO2. The Bertz CT molecular complexity index is 38.7. The number of hydrogen-bond acceptors (Lipinski definition) is 1. The molecule has 0 fully saturated rings. The van der Waals surface area contributed by atoms with Crippen molar-refractivity contribution in [1.29, 1.82) is 0 Å². The van der Waals surface area contributed by atoms with Crippen molar-refractivity contribution in [2.45, 2.75) is 12.5 Å². The maximum atomic E-state index is 9.65. The van der Waals surface area contributed by atoms with Crippen LogP contribution >= 0.6 is 11.6 Å². The van der Waals surface area contributed by atoms with Crippen molar-refractivity contribution >= 4 is 11.6 Å². The zero-order valence-corrected chi connectivity index (χ0v) is 4.94. The Kier molecular flexibility index (Phi) is 4.50. The molecule has 0 saturated carbocycles. The predicted molar refractivity (Wildman–Crippen MR) is 26.8 cm³/mol. The molecule has 1 radical (unpaired) electrons. The fourth-order valence-corrected chi connectivity index (χ4v) is 0.300. The monoisotopic (exact) mass is 123 g/mol. The lowest BCUT2D eigenvalue weighted by Gasteiger charge is -1.99. The van der Waals surface area contributed by atoms with Crippen molar-refractivity contribution in [2.24, 2.45) is 0 Å². The minimum Gasteiger partial charge on any atom is -0.360 e. The van der Waals surface area contributed by atoms with Gasteiger partial charge < -0.3 is 4.74 Å². The maximum absolute atomic E-state index is 9.65. The van der Waals surface area contributed by atoms with Crippen molar-refractivity contribution in [3.05, 3.63) is 0 Å². The van der Waals surface area contributed by atoms with Crippen LogP contribution < -0.4 is 0 Å². The number of hydrogen-bond donors (Lipinski definition) is 0. The minimum atomic E-state index is -0.325. The third-order valence-electron chi connectivity index (χ3n) is 0.431. The summed E-state index contributed by atoms with van der Waals surface area (Å²) in [6, 6.07) is 0. The van der Waals surface area contributed by atoms with Crippen molar-refractivity contribution in [2.75, 3.05) is 13.2 Å². The largest absolute Gasteiger partial charge is 0.360 e. The van der Waals surface area contributed by atoms with E-state index in [4.69, 9.17) is 11.6 Å². The van der Waals surface area contributed by atoms with Gasteiger partial charge in [-0.05, 0) is 6.92 Å². The summed E-state index contributed by atoms with van der Waals surface area (Å²) in [5, 5.41) is 9.65. The molecule has 3 heteroatoms. The van der Waals surface area contributed by atoms with Crippen LogP contribution in [0.2, 0.25) is 0 Å². The second-order valence-corrected chi connectivity index (χ2v) is 1.73. The smallest absolute Gasteiger partial charge is 0.128 e. The Morgan fingerprint density at radius 3 is 2.57 bits per heavy atom. The summed E-state index contributed by atoms with van der Waals surface area (Å²) >= 11 is 5.30. The summed E-state index contributed by atoms with van der Waals surface area (Å²) < 4.78 is 4.64. The quantitative estimate of drug-likeness (QED) is 0.515. The second-order valence-electron chi connectivity index (χ2n) is 1.12. The molecule has 0 aliphatic carbocycles. The van der Waals surface area contributed by atoms with Gasteiger partial charge in [-0.25, -0.2) is 5.11 Å². The predicted octanol–water partition coefficient (Wildman–Crippen LogP) is 1.02. The average Bonchev–Trinajstić information content (AvgIpc) is 1.61. The number of alkyl halides is 1. The molecule has 7 heavy (non-hydrogen) atoms. The van der Waals surface area contributed by atoms with Gasteiger partial charge in [0.05, 0.1) is 6.61 Å². The first-order chi connectivity index (χ1) is 3.27. The Hall–Kier alpha value is 0.210. The van der Waals surface area contributed by atoms with Gasteiger partial charge in [0.1, 0.15) is 12.2 Å². The van der Waals surface area contributed by atoms with Gasteiger partial charge in [-0.15, -0.1) is 0 Å². The first kappa shape index (κ1) is 7.21. The Balaban J connectivity index is 2.68. The summed E-state index contributed by atoms with van der Waals surface area (Å²) in [6.45, 7) is 1.68. The third-order valence-corrected chi connectivity index (χ3v) is 0.557. The molecule has 0 aromatic rings. The summed E-state index contributed by atoms with van der Waals surface area (Å²) in [7, 11) is 0. The third kappa shape index (κ3) is 6.21. The van der Waals surface area contributed by atoms with Gasteiger partial charge in [0, 0.05) is 0 Å². The van der Waals surface area contributed by atoms with E-state index in [0.29, 0.717) is 0 Å². The first-order valence-corrected chi connectivity index (χ1v) is 2.55. The molecule has 0 rings (SSSR count). The molecule has 1 atom stereocenters. The van der Waals surface area contributed by atoms with Crippen molar-refractivity contribution in [3.63, 3.8) is 0 Å². The molecule has 0 heterocycles. The van der Waals surface area contributed by atoms with Gasteiger partial charge in [-0.1, -0.05) is 11.6 Å². The van der Waals surface area contributed by atoms with E-state index in [1.165, 1.54) is 0 Å². The number of ether oxygens (including phenoxy) is 1. The molecule has 0 aromatic heterocycles. The van der Waals surface area contributed by atoms with Crippen LogP contribution in [0.4, 0.5) is 0 Å². The second kappa shape index (κ2) is 4.37. The van der Waals surface area contributed by atoms with E-state index in [2.05, 4.69) is 4.74 Å². The molecule has 0 saturated heterocycles. The zero-order chi connectivity index (χ0) is 5.70. The number of rotatable bonds is 3. The van der Waals surface area contributed by atoms with Crippen molar-refractivity contribution < 1.29 is 9.84 Å². The first-order valence-electron chi connectivity index (χ1n) is 2.11. The van der Waals surface area contributed by atoms with Gasteiger partial charge in [0.2, 0.25) is 0 Å². The Labute approximate surface area is 48.0 Å². The molecule has 0 amide bonds. The van der Waals surface area contributed by atoms with Crippen LogP contribution in [0.5, 0.6) is 0 Å².